The van der Waals surface area contributed by atoms with Crippen molar-refractivity contribution in [3.63, 3.8) is 0 Å². The van der Waals surface area contributed by atoms with Crippen molar-refractivity contribution in [1.82, 2.24) is 5.32 Å². The topological polar surface area (TPSA) is 39.7 Å². The van der Waals surface area contributed by atoms with Crippen molar-refractivity contribution in [3.8, 4) is 17.2 Å². The first-order valence-corrected chi connectivity index (χ1v) is 7.32. The lowest BCUT2D eigenvalue weighted by Crippen LogP contribution is -2.22. The molecule has 0 aliphatic heterocycles. The van der Waals surface area contributed by atoms with Gasteiger partial charge >= 0.3 is 0 Å². The molecule has 0 heterocycles. The Morgan fingerprint density at radius 3 is 2.05 bits per heavy atom. The van der Waals surface area contributed by atoms with Crippen molar-refractivity contribution in [3.05, 3.63) is 53.6 Å². The summed E-state index contributed by atoms with van der Waals surface area (Å²) < 4.78 is 16.0. The quantitative estimate of drug-likeness (QED) is 0.850. The van der Waals surface area contributed by atoms with Gasteiger partial charge in [0.05, 0.1) is 27.4 Å². The van der Waals surface area contributed by atoms with Crippen molar-refractivity contribution in [2.75, 3.05) is 27.9 Å². The maximum absolute atomic E-state index is 5.54. The van der Waals surface area contributed by atoms with Crippen LogP contribution in [0.25, 0.3) is 0 Å². The summed E-state index contributed by atoms with van der Waals surface area (Å²) >= 11 is 0. The average molecular weight is 301 g/mol. The van der Waals surface area contributed by atoms with E-state index in [0.717, 1.165) is 34.9 Å². The third-order valence-electron chi connectivity index (χ3n) is 3.61. The highest BCUT2D eigenvalue weighted by Crippen LogP contribution is 2.33. The molecule has 0 aliphatic carbocycles. The summed E-state index contributed by atoms with van der Waals surface area (Å²) in [6, 6.07) is 14.0. The molecule has 22 heavy (non-hydrogen) atoms. The van der Waals surface area contributed by atoms with E-state index >= 15 is 0 Å². The van der Waals surface area contributed by atoms with Crippen LogP contribution in [0.2, 0.25) is 0 Å². The Bertz CT molecular complexity index is 596. The van der Waals surface area contributed by atoms with Crippen LogP contribution >= 0.6 is 0 Å². The van der Waals surface area contributed by atoms with Gasteiger partial charge in [0.1, 0.15) is 17.2 Å². The number of benzene rings is 2. The van der Waals surface area contributed by atoms with Gasteiger partial charge in [-0.1, -0.05) is 19.1 Å². The van der Waals surface area contributed by atoms with Gasteiger partial charge in [0.2, 0.25) is 0 Å². The van der Waals surface area contributed by atoms with E-state index in [2.05, 4.69) is 24.4 Å². The minimum Gasteiger partial charge on any atom is -0.497 e. The van der Waals surface area contributed by atoms with E-state index in [0.29, 0.717) is 0 Å². The van der Waals surface area contributed by atoms with Gasteiger partial charge in [-0.2, -0.15) is 0 Å². The average Bonchev–Trinajstić information content (AvgIpc) is 2.59. The van der Waals surface area contributed by atoms with Crippen LogP contribution in [0.4, 0.5) is 0 Å². The third kappa shape index (κ3) is 3.52. The van der Waals surface area contributed by atoms with E-state index in [9.17, 15) is 0 Å². The molecule has 2 aromatic rings. The van der Waals surface area contributed by atoms with Gasteiger partial charge in [0, 0.05) is 11.6 Å². The second kappa shape index (κ2) is 7.71. The Morgan fingerprint density at radius 2 is 1.50 bits per heavy atom. The summed E-state index contributed by atoms with van der Waals surface area (Å²) in [6.07, 6.45) is 0. The zero-order valence-corrected chi connectivity index (χ0v) is 13.6. The third-order valence-corrected chi connectivity index (χ3v) is 3.61. The minimum absolute atomic E-state index is 0.0526. The van der Waals surface area contributed by atoms with Crippen molar-refractivity contribution in [2.24, 2.45) is 0 Å². The van der Waals surface area contributed by atoms with Crippen LogP contribution in [0.5, 0.6) is 17.2 Å². The predicted molar refractivity (Wildman–Crippen MR) is 88.1 cm³/mol. The predicted octanol–water partition coefficient (Wildman–Crippen LogP) is 3.41. The van der Waals surface area contributed by atoms with Crippen LogP contribution < -0.4 is 19.5 Å². The monoisotopic (exact) mass is 301 g/mol. The molecule has 0 aliphatic rings. The standard InChI is InChI=1S/C18H23NO3/c1-5-19-18(13-6-8-14(20-2)9-7-13)16-11-10-15(21-3)12-17(16)22-4/h6-12,18-19H,5H2,1-4H3. The molecule has 0 saturated heterocycles. The number of ether oxygens (including phenoxy) is 3. The second-order valence-corrected chi connectivity index (χ2v) is 4.87. The lowest BCUT2D eigenvalue weighted by Gasteiger charge is -2.22. The molecule has 4 nitrogen and oxygen atoms in total. The SMILES string of the molecule is CCNC(c1ccc(OC)cc1)c1ccc(OC)cc1OC. The van der Waals surface area contributed by atoms with E-state index in [-0.39, 0.29) is 6.04 Å². The number of methoxy groups -OCH3 is 3. The summed E-state index contributed by atoms with van der Waals surface area (Å²) in [5.74, 6) is 2.44. The summed E-state index contributed by atoms with van der Waals surface area (Å²) in [7, 11) is 5.00. The van der Waals surface area contributed by atoms with E-state index < -0.39 is 0 Å². The fraction of sp³-hybridized carbons (Fsp3) is 0.333. The maximum atomic E-state index is 5.54. The number of rotatable bonds is 7. The van der Waals surface area contributed by atoms with Crippen molar-refractivity contribution in [1.29, 1.82) is 0 Å². The molecule has 0 bridgehead atoms. The van der Waals surface area contributed by atoms with E-state index in [1.807, 2.05) is 30.3 Å². The molecular weight excluding hydrogens is 278 g/mol. The molecule has 2 aromatic carbocycles. The second-order valence-electron chi connectivity index (χ2n) is 4.87. The molecule has 0 fully saturated rings. The zero-order chi connectivity index (χ0) is 15.9. The Balaban J connectivity index is 2.42. The van der Waals surface area contributed by atoms with Gasteiger partial charge < -0.3 is 19.5 Å². The molecule has 118 valence electrons. The molecule has 1 N–H and O–H groups in total. The van der Waals surface area contributed by atoms with Gasteiger partial charge in [-0.15, -0.1) is 0 Å². The Labute approximate surface area is 132 Å². The molecule has 0 radical (unpaired) electrons. The summed E-state index contributed by atoms with van der Waals surface area (Å²) in [6.45, 7) is 2.94. The first-order chi connectivity index (χ1) is 10.7. The van der Waals surface area contributed by atoms with Gasteiger partial charge in [-0.25, -0.2) is 0 Å². The van der Waals surface area contributed by atoms with Crippen LogP contribution in [-0.4, -0.2) is 27.9 Å². The molecule has 1 unspecified atom stereocenters. The molecule has 2 rings (SSSR count). The highest BCUT2D eigenvalue weighted by molar-refractivity contribution is 5.46. The first kappa shape index (κ1) is 16.2. The van der Waals surface area contributed by atoms with E-state index in [1.54, 1.807) is 21.3 Å². The first-order valence-electron chi connectivity index (χ1n) is 7.32. The molecule has 4 heteroatoms. The highest BCUT2D eigenvalue weighted by Gasteiger charge is 2.18. The molecule has 0 aromatic heterocycles. The molecule has 0 spiro atoms. The summed E-state index contributed by atoms with van der Waals surface area (Å²) in [5.41, 5.74) is 2.24. The maximum Gasteiger partial charge on any atom is 0.127 e. The highest BCUT2D eigenvalue weighted by atomic mass is 16.5. The minimum atomic E-state index is 0.0526. The van der Waals surface area contributed by atoms with Gasteiger partial charge in [-0.3, -0.25) is 0 Å². The lowest BCUT2D eigenvalue weighted by molar-refractivity contribution is 0.387. The fourth-order valence-electron chi connectivity index (χ4n) is 2.46. The summed E-state index contributed by atoms with van der Waals surface area (Å²) in [5, 5.41) is 3.50. The van der Waals surface area contributed by atoms with Crippen LogP contribution in [0.3, 0.4) is 0 Å². The van der Waals surface area contributed by atoms with Crippen molar-refractivity contribution >= 4 is 0 Å². The number of hydrogen-bond donors (Lipinski definition) is 1. The van der Waals surface area contributed by atoms with Gasteiger partial charge in [0.15, 0.2) is 0 Å². The largest absolute Gasteiger partial charge is 0.497 e. The molecule has 1 atom stereocenters. The van der Waals surface area contributed by atoms with Gasteiger partial charge in [-0.05, 0) is 36.4 Å². The van der Waals surface area contributed by atoms with Crippen LogP contribution in [0.1, 0.15) is 24.1 Å². The van der Waals surface area contributed by atoms with Crippen molar-refractivity contribution < 1.29 is 14.2 Å². The normalized spacial score (nSPS) is 11.8. The van der Waals surface area contributed by atoms with Crippen LogP contribution in [-0.2, 0) is 0 Å². The number of nitrogens with one attached hydrogen (secondary N) is 1. The summed E-state index contributed by atoms with van der Waals surface area (Å²) in [4.78, 5) is 0. The molecular formula is C18H23NO3. The van der Waals surface area contributed by atoms with E-state index in [1.165, 1.54) is 0 Å². The van der Waals surface area contributed by atoms with Crippen molar-refractivity contribution in [2.45, 2.75) is 13.0 Å². The van der Waals surface area contributed by atoms with Gasteiger partial charge in [0.25, 0.3) is 0 Å². The Hall–Kier alpha value is -2.20. The Kier molecular flexibility index (Phi) is 5.67. The fourth-order valence-corrected chi connectivity index (χ4v) is 2.46. The van der Waals surface area contributed by atoms with E-state index in [4.69, 9.17) is 14.2 Å². The molecule has 0 amide bonds. The van der Waals surface area contributed by atoms with Crippen LogP contribution in [0, 0.1) is 0 Å². The molecule has 0 saturated carbocycles. The number of hydrogen-bond acceptors (Lipinski definition) is 4. The smallest absolute Gasteiger partial charge is 0.127 e. The van der Waals surface area contributed by atoms with Crippen LogP contribution in [0.15, 0.2) is 42.5 Å². The zero-order valence-electron chi connectivity index (χ0n) is 13.6. The Morgan fingerprint density at radius 1 is 0.864 bits per heavy atom. The lowest BCUT2D eigenvalue weighted by atomic mass is 9.97.